The number of nitro groups is 1. The number of nitrogen functional groups attached to an aromatic ring is 1. The molecule has 1 amide bonds. The summed E-state index contributed by atoms with van der Waals surface area (Å²) in [6, 6.07) is 11.2. The SMILES string of the molecule is CC(Sc1nnc(-c2ccccc2Br)n1N)C(=O)Nc1cc([N+](=O)[O-])ccc1Cl. The van der Waals surface area contributed by atoms with E-state index in [1.807, 2.05) is 24.3 Å². The van der Waals surface area contributed by atoms with Crippen molar-refractivity contribution in [1.82, 2.24) is 14.9 Å². The van der Waals surface area contributed by atoms with Crippen LogP contribution < -0.4 is 11.2 Å². The van der Waals surface area contributed by atoms with E-state index >= 15 is 0 Å². The molecular weight excluding hydrogens is 484 g/mol. The number of carbonyl (C=O) groups excluding carboxylic acids is 1. The number of carbonyl (C=O) groups is 1. The molecule has 150 valence electrons. The van der Waals surface area contributed by atoms with Gasteiger partial charge in [0, 0.05) is 22.2 Å². The van der Waals surface area contributed by atoms with Gasteiger partial charge in [0.2, 0.25) is 11.1 Å². The molecule has 0 aliphatic heterocycles. The summed E-state index contributed by atoms with van der Waals surface area (Å²) in [5, 5.41) is 21.6. The Hall–Kier alpha value is -2.63. The van der Waals surface area contributed by atoms with Gasteiger partial charge in [0.25, 0.3) is 5.69 Å². The first kappa shape index (κ1) is 21.1. The fourth-order valence-corrected chi connectivity index (χ4v) is 3.75. The van der Waals surface area contributed by atoms with Crippen LogP contribution in [0.15, 0.2) is 52.1 Å². The monoisotopic (exact) mass is 496 g/mol. The second kappa shape index (κ2) is 8.80. The van der Waals surface area contributed by atoms with Gasteiger partial charge in [0.05, 0.1) is 20.9 Å². The van der Waals surface area contributed by atoms with Gasteiger partial charge < -0.3 is 11.2 Å². The lowest BCUT2D eigenvalue weighted by Crippen LogP contribution is -2.24. The number of anilines is 1. The Morgan fingerprint density at radius 2 is 2.07 bits per heavy atom. The van der Waals surface area contributed by atoms with E-state index in [1.54, 1.807) is 6.92 Å². The molecule has 0 saturated heterocycles. The highest BCUT2D eigenvalue weighted by Gasteiger charge is 2.22. The number of amides is 1. The van der Waals surface area contributed by atoms with Crippen molar-refractivity contribution in [3.8, 4) is 11.4 Å². The van der Waals surface area contributed by atoms with E-state index in [2.05, 4.69) is 31.4 Å². The second-order valence-electron chi connectivity index (χ2n) is 5.83. The Balaban J connectivity index is 1.75. The number of rotatable bonds is 6. The Morgan fingerprint density at radius 3 is 2.76 bits per heavy atom. The van der Waals surface area contributed by atoms with E-state index in [1.165, 1.54) is 22.9 Å². The van der Waals surface area contributed by atoms with E-state index < -0.39 is 16.1 Å². The maximum Gasteiger partial charge on any atom is 0.271 e. The number of aromatic nitrogens is 3. The lowest BCUT2D eigenvalue weighted by Gasteiger charge is -2.12. The van der Waals surface area contributed by atoms with Crippen molar-refractivity contribution >= 4 is 56.6 Å². The highest BCUT2D eigenvalue weighted by atomic mass is 79.9. The number of nitrogens with one attached hydrogen (secondary N) is 1. The van der Waals surface area contributed by atoms with Gasteiger partial charge >= 0.3 is 0 Å². The summed E-state index contributed by atoms with van der Waals surface area (Å²) in [6.07, 6.45) is 0. The van der Waals surface area contributed by atoms with Crippen molar-refractivity contribution < 1.29 is 9.72 Å². The van der Waals surface area contributed by atoms with Gasteiger partial charge in [0.15, 0.2) is 5.82 Å². The van der Waals surface area contributed by atoms with E-state index in [0.29, 0.717) is 11.0 Å². The number of non-ortho nitro benzene ring substituents is 1. The quantitative estimate of drug-likeness (QED) is 0.227. The van der Waals surface area contributed by atoms with Gasteiger partial charge in [0.1, 0.15) is 0 Å². The first-order chi connectivity index (χ1) is 13.8. The van der Waals surface area contributed by atoms with E-state index in [9.17, 15) is 14.9 Å². The second-order valence-corrected chi connectivity index (χ2v) is 8.40. The molecule has 0 radical (unpaired) electrons. The number of hydrogen-bond acceptors (Lipinski definition) is 7. The molecule has 1 aromatic heterocycles. The molecule has 0 aliphatic rings. The van der Waals surface area contributed by atoms with Crippen molar-refractivity contribution in [2.75, 3.05) is 11.2 Å². The molecule has 0 fully saturated rings. The largest absolute Gasteiger partial charge is 0.335 e. The van der Waals surface area contributed by atoms with Crippen LogP contribution in [0.5, 0.6) is 0 Å². The number of halogens is 2. The van der Waals surface area contributed by atoms with Crippen LogP contribution in [0.2, 0.25) is 5.02 Å². The van der Waals surface area contributed by atoms with Crippen molar-refractivity contribution in [3.05, 3.63) is 62.1 Å². The molecule has 0 saturated carbocycles. The van der Waals surface area contributed by atoms with E-state index in [0.717, 1.165) is 21.8 Å². The molecule has 2 aromatic carbocycles. The number of nitrogens with two attached hydrogens (primary N) is 1. The van der Waals surface area contributed by atoms with Crippen LogP contribution in [0.1, 0.15) is 6.92 Å². The average Bonchev–Trinajstić information content (AvgIpc) is 3.04. The third-order valence-corrected chi connectivity index (χ3v) is 5.93. The molecule has 3 aromatic rings. The fraction of sp³-hybridized carbons (Fsp3) is 0.118. The molecule has 1 atom stereocenters. The highest BCUT2D eigenvalue weighted by molar-refractivity contribution is 9.10. The summed E-state index contributed by atoms with van der Waals surface area (Å²) < 4.78 is 2.11. The van der Waals surface area contributed by atoms with Crippen molar-refractivity contribution in [3.63, 3.8) is 0 Å². The predicted molar refractivity (Wildman–Crippen MR) is 115 cm³/mol. The zero-order chi connectivity index (χ0) is 21.1. The van der Waals surface area contributed by atoms with Crippen LogP contribution in [-0.2, 0) is 4.79 Å². The normalized spacial score (nSPS) is 11.8. The summed E-state index contributed by atoms with van der Waals surface area (Å²) >= 11 is 10.6. The Morgan fingerprint density at radius 1 is 1.34 bits per heavy atom. The fourth-order valence-electron chi connectivity index (χ4n) is 2.35. The van der Waals surface area contributed by atoms with Crippen molar-refractivity contribution in [2.45, 2.75) is 17.3 Å². The molecule has 3 N–H and O–H groups in total. The third-order valence-electron chi connectivity index (χ3n) is 3.85. The maximum absolute atomic E-state index is 12.5. The van der Waals surface area contributed by atoms with Gasteiger partial charge in [-0.05, 0) is 25.1 Å². The predicted octanol–water partition coefficient (Wildman–Crippen LogP) is 4.10. The minimum Gasteiger partial charge on any atom is -0.335 e. The van der Waals surface area contributed by atoms with Crippen LogP contribution in [0.3, 0.4) is 0 Å². The zero-order valence-electron chi connectivity index (χ0n) is 14.9. The average molecular weight is 498 g/mol. The molecule has 0 aliphatic carbocycles. The summed E-state index contributed by atoms with van der Waals surface area (Å²) in [4.78, 5) is 22.9. The summed E-state index contributed by atoms with van der Waals surface area (Å²) in [7, 11) is 0. The number of benzene rings is 2. The molecule has 1 heterocycles. The number of nitro benzene ring substituents is 1. The third kappa shape index (κ3) is 4.69. The van der Waals surface area contributed by atoms with Crippen LogP contribution in [0.25, 0.3) is 11.4 Å². The first-order valence-corrected chi connectivity index (χ1v) is 10.2. The maximum atomic E-state index is 12.5. The first-order valence-electron chi connectivity index (χ1n) is 8.14. The van der Waals surface area contributed by atoms with Gasteiger partial charge in [-0.25, -0.2) is 4.68 Å². The van der Waals surface area contributed by atoms with E-state index in [-0.39, 0.29) is 16.4 Å². The Labute approximate surface area is 182 Å². The lowest BCUT2D eigenvalue weighted by molar-refractivity contribution is -0.384. The topological polar surface area (TPSA) is 129 Å². The van der Waals surface area contributed by atoms with Crippen LogP contribution in [0, 0.1) is 10.1 Å². The molecule has 12 heteroatoms. The molecule has 3 rings (SSSR count). The Bertz CT molecular complexity index is 1090. The minimum absolute atomic E-state index is 0.154. The Kier molecular flexibility index (Phi) is 6.40. The van der Waals surface area contributed by atoms with Crippen molar-refractivity contribution in [2.24, 2.45) is 0 Å². The van der Waals surface area contributed by atoms with Gasteiger partial charge in [-0.15, -0.1) is 10.2 Å². The van der Waals surface area contributed by atoms with Crippen LogP contribution in [-0.4, -0.2) is 31.0 Å². The number of thioether (sulfide) groups is 1. The van der Waals surface area contributed by atoms with E-state index in [4.69, 9.17) is 17.4 Å². The summed E-state index contributed by atoms with van der Waals surface area (Å²) in [5.41, 5.74) is 0.737. The van der Waals surface area contributed by atoms with Gasteiger partial charge in [-0.3, -0.25) is 14.9 Å². The van der Waals surface area contributed by atoms with Gasteiger partial charge in [-0.1, -0.05) is 51.4 Å². The zero-order valence-corrected chi connectivity index (χ0v) is 18.0. The molecule has 0 bridgehead atoms. The highest BCUT2D eigenvalue weighted by Crippen LogP contribution is 2.31. The smallest absolute Gasteiger partial charge is 0.271 e. The van der Waals surface area contributed by atoms with Crippen LogP contribution >= 0.6 is 39.3 Å². The number of nitrogens with zero attached hydrogens (tertiary/aromatic N) is 4. The van der Waals surface area contributed by atoms with Crippen LogP contribution in [0.4, 0.5) is 11.4 Å². The molecule has 0 spiro atoms. The molecule has 29 heavy (non-hydrogen) atoms. The number of hydrogen-bond donors (Lipinski definition) is 2. The molecule has 1 unspecified atom stereocenters. The van der Waals surface area contributed by atoms with Crippen molar-refractivity contribution in [1.29, 1.82) is 0 Å². The summed E-state index contributed by atoms with van der Waals surface area (Å²) in [6.45, 7) is 1.65. The standard InChI is InChI=1S/C17H14BrClN6O3S/c1-9(16(26)21-14-8-10(25(27)28)6-7-13(14)19)29-17-23-22-15(24(17)20)11-4-2-3-5-12(11)18/h2-9H,20H2,1H3,(H,21,26). The lowest BCUT2D eigenvalue weighted by atomic mass is 10.2. The summed E-state index contributed by atoms with van der Waals surface area (Å²) in [5.74, 6) is 6.13. The van der Waals surface area contributed by atoms with Gasteiger partial charge in [-0.2, -0.15) is 0 Å². The molecular formula is C17H14BrClN6O3S. The minimum atomic E-state index is -0.621. The molecule has 9 nitrogen and oxygen atoms in total.